The Morgan fingerprint density at radius 3 is 2.69 bits per heavy atom. The highest BCUT2D eigenvalue weighted by Gasteiger charge is 2.58. The molecule has 92 valence electrons. The average molecular weight is 226 g/mol. The average Bonchev–Trinajstić information content (AvgIpc) is 3.04. The van der Waals surface area contributed by atoms with Crippen LogP contribution in [0, 0.1) is 17.3 Å². The number of esters is 1. The molecule has 0 amide bonds. The van der Waals surface area contributed by atoms with Crippen LogP contribution in [0.2, 0.25) is 0 Å². The Morgan fingerprint density at radius 2 is 2.19 bits per heavy atom. The number of nitrogens with two attached hydrogens (primary N) is 1. The van der Waals surface area contributed by atoms with Crippen molar-refractivity contribution in [1.82, 2.24) is 4.90 Å². The Hall–Kier alpha value is -0.610. The monoisotopic (exact) mass is 226 g/mol. The molecule has 4 nitrogen and oxygen atoms in total. The van der Waals surface area contributed by atoms with Crippen LogP contribution in [-0.2, 0) is 9.53 Å². The minimum atomic E-state index is -0.0360. The molecule has 1 saturated carbocycles. The highest BCUT2D eigenvalue weighted by atomic mass is 16.5. The van der Waals surface area contributed by atoms with Crippen LogP contribution in [0.15, 0.2) is 0 Å². The second-order valence-electron chi connectivity index (χ2n) is 5.26. The molecule has 2 atom stereocenters. The summed E-state index contributed by atoms with van der Waals surface area (Å²) in [5.41, 5.74) is 5.83. The van der Waals surface area contributed by atoms with E-state index in [9.17, 15) is 4.79 Å². The van der Waals surface area contributed by atoms with E-state index in [1.807, 2.05) is 0 Å². The van der Waals surface area contributed by atoms with Gasteiger partial charge in [0.05, 0.1) is 13.0 Å². The first-order valence-electron chi connectivity index (χ1n) is 6.14. The fourth-order valence-electron chi connectivity index (χ4n) is 3.23. The molecule has 1 heterocycles. The van der Waals surface area contributed by atoms with Crippen molar-refractivity contribution in [3.8, 4) is 0 Å². The maximum absolute atomic E-state index is 11.8. The van der Waals surface area contributed by atoms with Crippen LogP contribution in [0.5, 0.6) is 0 Å². The summed E-state index contributed by atoms with van der Waals surface area (Å²) in [4.78, 5) is 14.1. The minimum absolute atomic E-state index is 0.0360. The van der Waals surface area contributed by atoms with Crippen LogP contribution in [0.4, 0.5) is 0 Å². The summed E-state index contributed by atoms with van der Waals surface area (Å²) in [5.74, 6) is 0.607. The number of carbonyl (C=O) groups is 1. The molecule has 0 aromatic rings. The largest absolute Gasteiger partial charge is 0.469 e. The van der Waals surface area contributed by atoms with E-state index in [0.29, 0.717) is 12.5 Å². The lowest BCUT2D eigenvalue weighted by Crippen LogP contribution is -2.50. The Labute approximate surface area is 97.1 Å². The maximum atomic E-state index is 11.8. The van der Waals surface area contributed by atoms with Crippen molar-refractivity contribution in [3.63, 3.8) is 0 Å². The Bertz CT molecular complexity index is 276. The van der Waals surface area contributed by atoms with Gasteiger partial charge in [0.15, 0.2) is 0 Å². The zero-order valence-corrected chi connectivity index (χ0v) is 10.2. The molecule has 16 heavy (non-hydrogen) atoms. The van der Waals surface area contributed by atoms with E-state index in [4.69, 9.17) is 10.5 Å². The van der Waals surface area contributed by atoms with Crippen molar-refractivity contribution in [2.24, 2.45) is 23.0 Å². The van der Waals surface area contributed by atoms with Gasteiger partial charge in [-0.3, -0.25) is 4.79 Å². The fourth-order valence-corrected chi connectivity index (χ4v) is 3.23. The molecule has 2 N–H and O–H groups in total. The van der Waals surface area contributed by atoms with Gasteiger partial charge in [-0.25, -0.2) is 0 Å². The van der Waals surface area contributed by atoms with Crippen LogP contribution in [0.1, 0.15) is 19.8 Å². The summed E-state index contributed by atoms with van der Waals surface area (Å²) in [6.45, 7) is 5.70. The Morgan fingerprint density at radius 1 is 1.50 bits per heavy atom. The van der Waals surface area contributed by atoms with Crippen molar-refractivity contribution < 1.29 is 9.53 Å². The van der Waals surface area contributed by atoms with E-state index in [1.54, 1.807) is 0 Å². The number of methoxy groups -OCH3 is 1. The summed E-state index contributed by atoms with van der Waals surface area (Å²) in [5, 5.41) is 0. The molecule has 1 aliphatic carbocycles. The van der Waals surface area contributed by atoms with Gasteiger partial charge >= 0.3 is 5.97 Å². The lowest BCUT2D eigenvalue weighted by atomic mass is 9.75. The molecular weight excluding hydrogens is 204 g/mol. The van der Waals surface area contributed by atoms with Gasteiger partial charge in [0.2, 0.25) is 0 Å². The summed E-state index contributed by atoms with van der Waals surface area (Å²) in [6.07, 6.45) is 2.37. The van der Waals surface area contributed by atoms with Gasteiger partial charge in [-0.05, 0) is 24.2 Å². The van der Waals surface area contributed by atoms with Crippen LogP contribution < -0.4 is 5.73 Å². The van der Waals surface area contributed by atoms with E-state index in [0.717, 1.165) is 19.6 Å². The standard InChI is InChI=1S/C12H22N2O2/c1-9-7-14(6-5-13)8-10(11(15)16-2)12(9)3-4-12/h9-10H,3-8,13H2,1-2H3. The van der Waals surface area contributed by atoms with E-state index < -0.39 is 0 Å². The Kier molecular flexibility index (Phi) is 3.22. The number of nitrogens with zero attached hydrogens (tertiary/aromatic N) is 1. The third-order valence-electron chi connectivity index (χ3n) is 4.41. The predicted molar refractivity (Wildman–Crippen MR) is 61.8 cm³/mol. The first-order valence-corrected chi connectivity index (χ1v) is 6.14. The van der Waals surface area contributed by atoms with Crippen molar-refractivity contribution >= 4 is 5.97 Å². The van der Waals surface area contributed by atoms with Gasteiger partial charge in [0.1, 0.15) is 0 Å². The molecule has 0 aromatic carbocycles. The molecule has 1 aliphatic heterocycles. The third kappa shape index (κ3) is 1.84. The Balaban J connectivity index is 2.09. The number of hydrogen-bond donors (Lipinski definition) is 1. The van der Waals surface area contributed by atoms with Crippen LogP contribution in [0.3, 0.4) is 0 Å². The van der Waals surface area contributed by atoms with Gasteiger partial charge in [0.25, 0.3) is 0 Å². The normalized spacial score (nSPS) is 32.7. The fraction of sp³-hybridized carbons (Fsp3) is 0.917. The minimum Gasteiger partial charge on any atom is -0.469 e. The van der Waals surface area contributed by atoms with Crippen molar-refractivity contribution in [2.45, 2.75) is 19.8 Å². The molecule has 1 spiro atoms. The number of carbonyl (C=O) groups excluding carboxylic acids is 1. The second-order valence-corrected chi connectivity index (χ2v) is 5.26. The highest BCUT2D eigenvalue weighted by molar-refractivity contribution is 5.74. The molecular formula is C12H22N2O2. The molecule has 0 radical (unpaired) electrons. The van der Waals surface area contributed by atoms with E-state index in [2.05, 4.69) is 11.8 Å². The second kappa shape index (κ2) is 4.34. The van der Waals surface area contributed by atoms with E-state index in [1.165, 1.54) is 20.0 Å². The number of piperidine rings is 1. The lowest BCUT2D eigenvalue weighted by molar-refractivity contribution is -0.152. The predicted octanol–water partition coefficient (Wildman–Crippen LogP) is 0.466. The van der Waals surface area contributed by atoms with Crippen molar-refractivity contribution in [3.05, 3.63) is 0 Å². The first kappa shape index (κ1) is 11.9. The molecule has 2 fully saturated rings. The van der Waals surface area contributed by atoms with Gasteiger partial charge < -0.3 is 15.4 Å². The molecule has 2 unspecified atom stereocenters. The van der Waals surface area contributed by atoms with Gasteiger partial charge in [-0.15, -0.1) is 0 Å². The van der Waals surface area contributed by atoms with Crippen LogP contribution in [-0.4, -0.2) is 44.2 Å². The number of ether oxygens (including phenoxy) is 1. The van der Waals surface area contributed by atoms with Crippen molar-refractivity contribution in [2.75, 3.05) is 33.3 Å². The molecule has 2 aliphatic rings. The molecule has 0 bridgehead atoms. The molecule has 2 rings (SSSR count). The quantitative estimate of drug-likeness (QED) is 0.711. The molecule has 1 saturated heterocycles. The van der Waals surface area contributed by atoms with E-state index >= 15 is 0 Å². The van der Waals surface area contributed by atoms with Gasteiger partial charge in [-0.1, -0.05) is 6.92 Å². The smallest absolute Gasteiger partial charge is 0.310 e. The zero-order valence-electron chi connectivity index (χ0n) is 10.2. The first-order chi connectivity index (χ1) is 7.64. The van der Waals surface area contributed by atoms with E-state index in [-0.39, 0.29) is 17.3 Å². The third-order valence-corrected chi connectivity index (χ3v) is 4.41. The highest BCUT2D eigenvalue weighted by Crippen LogP contribution is 2.59. The number of hydrogen-bond acceptors (Lipinski definition) is 4. The lowest BCUT2D eigenvalue weighted by Gasteiger charge is -2.42. The zero-order chi connectivity index (χ0) is 11.8. The topological polar surface area (TPSA) is 55.6 Å². The van der Waals surface area contributed by atoms with Crippen molar-refractivity contribution in [1.29, 1.82) is 0 Å². The van der Waals surface area contributed by atoms with Gasteiger partial charge in [0, 0.05) is 26.2 Å². The summed E-state index contributed by atoms with van der Waals surface area (Å²) in [7, 11) is 1.49. The SMILES string of the molecule is COC(=O)C1CN(CCN)CC(C)C12CC2. The number of likely N-dealkylation sites (tertiary alicyclic amines) is 1. The summed E-state index contributed by atoms with van der Waals surface area (Å²) < 4.78 is 4.94. The van der Waals surface area contributed by atoms with Crippen LogP contribution >= 0.6 is 0 Å². The summed E-state index contributed by atoms with van der Waals surface area (Å²) >= 11 is 0. The van der Waals surface area contributed by atoms with Crippen LogP contribution in [0.25, 0.3) is 0 Å². The number of rotatable bonds is 3. The molecule has 4 heteroatoms. The maximum Gasteiger partial charge on any atom is 0.310 e. The summed E-state index contributed by atoms with van der Waals surface area (Å²) in [6, 6.07) is 0. The molecule has 0 aromatic heterocycles. The van der Waals surface area contributed by atoms with Gasteiger partial charge in [-0.2, -0.15) is 0 Å².